The topological polar surface area (TPSA) is 96.0 Å². The van der Waals surface area contributed by atoms with E-state index in [0.717, 1.165) is 16.3 Å². The maximum absolute atomic E-state index is 13.9. The molecule has 0 saturated carbocycles. The molecule has 0 aliphatic rings. The second-order valence-electron chi connectivity index (χ2n) is 8.93. The summed E-state index contributed by atoms with van der Waals surface area (Å²) in [4.78, 5) is 28.2. The number of nitrogens with zero attached hydrogens (tertiary/aromatic N) is 2. The molecular formula is C29H34ClN3O5S. The van der Waals surface area contributed by atoms with Crippen molar-refractivity contribution < 1.29 is 22.7 Å². The molecule has 0 aliphatic heterocycles. The Labute approximate surface area is 235 Å². The van der Waals surface area contributed by atoms with Crippen LogP contribution >= 0.6 is 11.6 Å². The Morgan fingerprint density at radius 2 is 1.64 bits per heavy atom. The molecule has 3 aromatic rings. The van der Waals surface area contributed by atoms with E-state index in [1.807, 2.05) is 37.3 Å². The van der Waals surface area contributed by atoms with Gasteiger partial charge in [0.2, 0.25) is 11.8 Å². The van der Waals surface area contributed by atoms with Gasteiger partial charge in [-0.2, -0.15) is 0 Å². The summed E-state index contributed by atoms with van der Waals surface area (Å²) in [6, 6.07) is 21.1. The first kappa shape index (κ1) is 30.0. The van der Waals surface area contributed by atoms with Gasteiger partial charge in [-0.05, 0) is 55.7 Å². The molecule has 0 radical (unpaired) electrons. The Hall–Kier alpha value is -3.56. The third-order valence-corrected chi connectivity index (χ3v) is 8.23. The molecule has 0 bridgehead atoms. The summed E-state index contributed by atoms with van der Waals surface area (Å²) in [5.41, 5.74) is 1.11. The number of hydrogen-bond donors (Lipinski definition) is 1. The van der Waals surface area contributed by atoms with Crippen molar-refractivity contribution in [3.8, 4) is 5.75 Å². The van der Waals surface area contributed by atoms with E-state index >= 15 is 0 Å². The quantitative estimate of drug-likeness (QED) is 0.325. The second-order valence-corrected chi connectivity index (χ2v) is 11.2. The van der Waals surface area contributed by atoms with Crippen molar-refractivity contribution in [3.05, 3.63) is 89.4 Å². The summed E-state index contributed by atoms with van der Waals surface area (Å²) in [5.74, 6) is -0.612. The zero-order valence-corrected chi connectivity index (χ0v) is 23.9. The highest BCUT2D eigenvalue weighted by Crippen LogP contribution is 2.35. The van der Waals surface area contributed by atoms with E-state index in [1.54, 1.807) is 37.3 Å². The van der Waals surface area contributed by atoms with Gasteiger partial charge in [0.1, 0.15) is 18.3 Å². The van der Waals surface area contributed by atoms with E-state index < -0.39 is 28.5 Å². The van der Waals surface area contributed by atoms with Crippen LogP contribution in [0.3, 0.4) is 0 Å². The minimum Gasteiger partial charge on any atom is -0.495 e. The number of anilines is 1. The van der Waals surface area contributed by atoms with Gasteiger partial charge >= 0.3 is 0 Å². The minimum atomic E-state index is -4.21. The van der Waals surface area contributed by atoms with Crippen LogP contribution in [0, 0.1) is 0 Å². The maximum atomic E-state index is 13.9. The van der Waals surface area contributed by atoms with Gasteiger partial charge in [-0.15, -0.1) is 0 Å². The number of nitrogens with one attached hydrogen (secondary N) is 1. The van der Waals surface area contributed by atoms with Crippen LogP contribution in [0.4, 0.5) is 5.69 Å². The molecule has 10 heteroatoms. The molecule has 0 aromatic heterocycles. The third-order valence-electron chi connectivity index (χ3n) is 6.22. The Bertz CT molecular complexity index is 1350. The number of carbonyl (C=O) groups is 2. The molecule has 0 fully saturated rings. The number of amides is 2. The molecule has 3 aromatic carbocycles. The fourth-order valence-electron chi connectivity index (χ4n) is 4.06. The van der Waals surface area contributed by atoms with Crippen LogP contribution in [0.25, 0.3) is 0 Å². The van der Waals surface area contributed by atoms with Crippen molar-refractivity contribution >= 4 is 39.1 Å². The first-order chi connectivity index (χ1) is 18.7. The molecule has 0 spiro atoms. The fraction of sp³-hybridized carbons (Fsp3) is 0.310. The average Bonchev–Trinajstić information content (AvgIpc) is 2.95. The average molecular weight is 572 g/mol. The van der Waals surface area contributed by atoms with Gasteiger partial charge in [0.15, 0.2) is 0 Å². The number of benzene rings is 3. The fourth-order valence-corrected chi connectivity index (χ4v) is 5.66. The molecule has 208 valence electrons. The number of hydrogen-bond acceptors (Lipinski definition) is 5. The molecule has 3 rings (SSSR count). The first-order valence-corrected chi connectivity index (χ1v) is 14.5. The number of ether oxygens (including phenoxy) is 1. The van der Waals surface area contributed by atoms with Gasteiger partial charge in [0.05, 0.1) is 17.7 Å². The highest BCUT2D eigenvalue weighted by molar-refractivity contribution is 7.92. The van der Waals surface area contributed by atoms with Gasteiger partial charge in [0, 0.05) is 18.1 Å². The highest BCUT2D eigenvalue weighted by atomic mass is 35.5. The summed E-state index contributed by atoms with van der Waals surface area (Å²) in [5, 5.41) is 3.11. The summed E-state index contributed by atoms with van der Waals surface area (Å²) in [7, 11) is -2.80. The van der Waals surface area contributed by atoms with Crippen molar-refractivity contribution in [2.24, 2.45) is 0 Å². The van der Waals surface area contributed by atoms with Crippen molar-refractivity contribution in [2.45, 2.75) is 37.6 Å². The molecular weight excluding hydrogens is 538 g/mol. The molecule has 1 N–H and O–H groups in total. The molecule has 2 amide bonds. The van der Waals surface area contributed by atoms with E-state index in [2.05, 4.69) is 5.32 Å². The lowest BCUT2D eigenvalue weighted by Crippen LogP contribution is -2.52. The van der Waals surface area contributed by atoms with E-state index in [1.165, 1.54) is 30.2 Å². The molecule has 0 aliphatic carbocycles. The van der Waals surface area contributed by atoms with E-state index in [4.69, 9.17) is 16.3 Å². The van der Waals surface area contributed by atoms with Crippen molar-refractivity contribution in [1.29, 1.82) is 0 Å². The van der Waals surface area contributed by atoms with E-state index in [0.29, 0.717) is 13.0 Å². The number of sulfonamides is 1. The highest BCUT2D eigenvalue weighted by Gasteiger charge is 2.33. The second kappa shape index (κ2) is 14.0. The zero-order valence-electron chi connectivity index (χ0n) is 22.3. The summed E-state index contributed by atoms with van der Waals surface area (Å²) < 4.78 is 34.2. The lowest BCUT2D eigenvalue weighted by atomic mass is 10.1. The molecule has 39 heavy (non-hydrogen) atoms. The van der Waals surface area contributed by atoms with Gasteiger partial charge in [-0.25, -0.2) is 8.42 Å². The monoisotopic (exact) mass is 571 g/mol. The van der Waals surface area contributed by atoms with Crippen LogP contribution in [0.1, 0.15) is 25.8 Å². The van der Waals surface area contributed by atoms with Crippen LogP contribution in [0.2, 0.25) is 5.02 Å². The predicted octanol–water partition coefficient (Wildman–Crippen LogP) is 4.53. The van der Waals surface area contributed by atoms with Crippen molar-refractivity contribution in [2.75, 3.05) is 31.0 Å². The predicted molar refractivity (Wildman–Crippen MR) is 154 cm³/mol. The Morgan fingerprint density at radius 3 is 2.26 bits per heavy atom. The van der Waals surface area contributed by atoms with Gasteiger partial charge < -0.3 is 15.0 Å². The smallest absolute Gasteiger partial charge is 0.264 e. The molecule has 0 heterocycles. The lowest BCUT2D eigenvalue weighted by Gasteiger charge is -2.32. The third kappa shape index (κ3) is 7.74. The van der Waals surface area contributed by atoms with Gasteiger partial charge in [0.25, 0.3) is 10.0 Å². The number of rotatable bonds is 13. The number of halogens is 1. The molecule has 0 saturated heterocycles. The van der Waals surface area contributed by atoms with E-state index in [-0.39, 0.29) is 33.8 Å². The summed E-state index contributed by atoms with van der Waals surface area (Å²) >= 11 is 6.25. The van der Waals surface area contributed by atoms with Crippen molar-refractivity contribution in [1.82, 2.24) is 10.2 Å². The molecule has 1 atom stereocenters. The van der Waals surface area contributed by atoms with Gasteiger partial charge in [-0.1, -0.05) is 67.1 Å². The van der Waals surface area contributed by atoms with Crippen LogP contribution in [-0.2, 0) is 26.0 Å². The van der Waals surface area contributed by atoms with Crippen LogP contribution in [0.5, 0.6) is 5.75 Å². The summed E-state index contributed by atoms with van der Waals surface area (Å²) in [6.07, 6.45) is 1.23. The Balaban J connectivity index is 2.02. The maximum Gasteiger partial charge on any atom is 0.264 e. The van der Waals surface area contributed by atoms with Crippen LogP contribution in [-0.4, -0.2) is 57.9 Å². The lowest BCUT2D eigenvalue weighted by molar-refractivity contribution is -0.138. The standard InChI is InChI=1S/C29H34ClN3O5S/c1-4-18-31-29(35)22(2)32(19-17-23-11-7-5-8-12-23)28(34)21-33(26-20-24(30)15-16-27(26)38-3)39(36,37)25-13-9-6-10-14-25/h5-16,20,22H,4,17-19,21H2,1-3H3,(H,31,35)/t22-/m1/s1. The normalized spacial score (nSPS) is 11.9. The molecule has 8 nitrogen and oxygen atoms in total. The number of methoxy groups -OCH3 is 1. The number of carbonyl (C=O) groups excluding carboxylic acids is 2. The SMILES string of the molecule is CCCNC(=O)[C@@H](C)N(CCc1ccccc1)C(=O)CN(c1cc(Cl)ccc1OC)S(=O)(=O)c1ccccc1. The van der Waals surface area contributed by atoms with Crippen LogP contribution in [0.15, 0.2) is 83.8 Å². The molecule has 0 unspecified atom stereocenters. The Morgan fingerprint density at radius 1 is 1.00 bits per heavy atom. The first-order valence-electron chi connectivity index (χ1n) is 12.7. The van der Waals surface area contributed by atoms with E-state index in [9.17, 15) is 18.0 Å². The zero-order chi connectivity index (χ0) is 28.4. The Kier molecular flexibility index (Phi) is 10.8. The van der Waals surface area contributed by atoms with Gasteiger partial charge in [-0.3, -0.25) is 13.9 Å². The summed E-state index contributed by atoms with van der Waals surface area (Å²) in [6.45, 7) is 3.71. The van der Waals surface area contributed by atoms with Crippen LogP contribution < -0.4 is 14.4 Å². The largest absolute Gasteiger partial charge is 0.495 e. The minimum absolute atomic E-state index is 0.00408. The van der Waals surface area contributed by atoms with Crippen molar-refractivity contribution in [3.63, 3.8) is 0 Å².